The number of rotatable bonds is 8. The maximum absolute atomic E-state index is 12.2. The highest BCUT2D eigenvalue weighted by molar-refractivity contribution is 9.11. The lowest BCUT2D eigenvalue weighted by Crippen LogP contribution is -2.27. The summed E-state index contributed by atoms with van der Waals surface area (Å²) in [5, 5.41) is 0. The van der Waals surface area contributed by atoms with E-state index in [1.165, 1.54) is 0 Å². The minimum Gasteiger partial charge on any atom is -0.398 e. The summed E-state index contributed by atoms with van der Waals surface area (Å²) in [6.07, 6.45) is 0.611. The van der Waals surface area contributed by atoms with Gasteiger partial charge in [0.2, 0.25) is 10.0 Å². The molecule has 0 spiro atoms. The number of ether oxygens (including phenoxy) is 1. The smallest absolute Gasteiger partial charge is 0.243 e. The third-order valence-corrected chi connectivity index (χ3v) is 5.44. The van der Waals surface area contributed by atoms with Crippen LogP contribution in [0.3, 0.4) is 0 Å². The van der Waals surface area contributed by atoms with Crippen molar-refractivity contribution < 1.29 is 13.2 Å². The lowest BCUT2D eigenvalue weighted by atomic mass is 10.2. The maximum atomic E-state index is 12.2. The zero-order chi connectivity index (χ0) is 16.0. The average Bonchev–Trinajstić information content (AvgIpc) is 2.31. The molecule has 0 aromatic heterocycles. The summed E-state index contributed by atoms with van der Waals surface area (Å²) in [6.45, 7) is 5.64. The van der Waals surface area contributed by atoms with E-state index < -0.39 is 10.0 Å². The van der Waals surface area contributed by atoms with Crippen molar-refractivity contribution in [3.8, 4) is 0 Å². The van der Waals surface area contributed by atoms with Gasteiger partial charge in [-0.25, -0.2) is 13.1 Å². The molecule has 0 amide bonds. The van der Waals surface area contributed by atoms with Gasteiger partial charge in [0, 0.05) is 28.7 Å². The van der Waals surface area contributed by atoms with E-state index in [1.54, 1.807) is 12.1 Å². The van der Waals surface area contributed by atoms with Crippen LogP contribution in [0.2, 0.25) is 0 Å². The Morgan fingerprint density at radius 1 is 1.33 bits per heavy atom. The summed E-state index contributed by atoms with van der Waals surface area (Å²) in [5.74, 6) is 0.472. The van der Waals surface area contributed by atoms with Crippen molar-refractivity contribution in [1.29, 1.82) is 0 Å². The van der Waals surface area contributed by atoms with E-state index in [-0.39, 0.29) is 10.6 Å². The first-order valence-corrected chi connectivity index (χ1v) is 9.63. The molecule has 0 aliphatic rings. The van der Waals surface area contributed by atoms with Gasteiger partial charge in [-0.2, -0.15) is 0 Å². The van der Waals surface area contributed by atoms with Crippen LogP contribution >= 0.6 is 31.9 Å². The van der Waals surface area contributed by atoms with Crippen LogP contribution < -0.4 is 10.5 Å². The van der Waals surface area contributed by atoms with Crippen LogP contribution in [-0.2, 0) is 14.8 Å². The van der Waals surface area contributed by atoms with E-state index >= 15 is 0 Å². The predicted molar refractivity (Wildman–Crippen MR) is 91.7 cm³/mol. The Balaban J connectivity index is 2.59. The van der Waals surface area contributed by atoms with Gasteiger partial charge < -0.3 is 10.5 Å². The van der Waals surface area contributed by atoms with Crippen LogP contribution in [0.5, 0.6) is 0 Å². The Labute approximate surface area is 142 Å². The first-order chi connectivity index (χ1) is 9.74. The lowest BCUT2D eigenvalue weighted by Gasteiger charge is -2.12. The third kappa shape index (κ3) is 6.23. The fourth-order valence-corrected chi connectivity index (χ4v) is 4.78. The molecule has 1 aromatic carbocycles. The van der Waals surface area contributed by atoms with Crippen LogP contribution in [0.4, 0.5) is 5.69 Å². The van der Waals surface area contributed by atoms with Crippen LogP contribution in [0.1, 0.15) is 20.3 Å². The first kappa shape index (κ1) is 18.9. The molecule has 120 valence electrons. The van der Waals surface area contributed by atoms with Crippen molar-refractivity contribution in [1.82, 2.24) is 4.72 Å². The second kappa shape index (κ2) is 8.47. The van der Waals surface area contributed by atoms with Gasteiger partial charge in [0.25, 0.3) is 0 Å². The molecule has 0 atom stereocenters. The Bertz CT molecular complexity index is 554. The fourth-order valence-electron chi connectivity index (χ4n) is 1.64. The molecule has 8 heteroatoms. The molecule has 0 fully saturated rings. The van der Waals surface area contributed by atoms with Gasteiger partial charge in [-0.3, -0.25) is 0 Å². The van der Waals surface area contributed by atoms with Crippen molar-refractivity contribution in [2.45, 2.75) is 25.2 Å². The van der Waals surface area contributed by atoms with Crippen molar-refractivity contribution in [3.05, 3.63) is 21.1 Å². The van der Waals surface area contributed by atoms with Crippen LogP contribution in [0.25, 0.3) is 0 Å². The summed E-state index contributed by atoms with van der Waals surface area (Å²) in [5.41, 5.74) is 5.98. The standard InChI is InChI=1S/C13H20Br2N2O3S/c1-9(2)8-20-5-3-4-17-21(18,19)13-11(15)6-10(14)7-12(13)16/h6-7,9,17H,3-5,8,16H2,1-2H3. The summed E-state index contributed by atoms with van der Waals surface area (Å²) in [4.78, 5) is 0.0637. The second-order valence-electron chi connectivity index (χ2n) is 5.03. The molecule has 5 nitrogen and oxygen atoms in total. The van der Waals surface area contributed by atoms with E-state index in [0.717, 1.165) is 0 Å². The molecule has 1 aromatic rings. The predicted octanol–water partition coefficient (Wildman–Crippen LogP) is 3.13. The van der Waals surface area contributed by atoms with E-state index in [0.29, 0.717) is 41.0 Å². The molecule has 0 bridgehead atoms. The fraction of sp³-hybridized carbons (Fsp3) is 0.538. The Morgan fingerprint density at radius 3 is 2.57 bits per heavy atom. The number of nitrogens with two attached hydrogens (primary N) is 1. The molecule has 3 N–H and O–H groups in total. The largest absolute Gasteiger partial charge is 0.398 e. The molecule has 0 aliphatic heterocycles. The summed E-state index contributed by atoms with van der Waals surface area (Å²) < 4.78 is 33.6. The van der Waals surface area contributed by atoms with Crippen LogP contribution in [-0.4, -0.2) is 28.2 Å². The molecule has 0 saturated carbocycles. The zero-order valence-electron chi connectivity index (χ0n) is 12.0. The average molecular weight is 444 g/mol. The molecular formula is C13H20Br2N2O3S. The minimum absolute atomic E-state index is 0.0637. The zero-order valence-corrected chi connectivity index (χ0v) is 16.0. The van der Waals surface area contributed by atoms with E-state index in [2.05, 4.69) is 50.4 Å². The molecule has 0 radical (unpaired) electrons. The SMILES string of the molecule is CC(C)COCCCNS(=O)(=O)c1c(N)cc(Br)cc1Br. The quantitative estimate of drug-likeness (QED) is 0.477. The molecule has 1 rings (SSSR count). The Hall–Kier alpha value is -0.150. The van der Waals surface area contributed by atoms with Crippen LogP contribution in [0, 0.1) is 5.92 Å². The number of halogens is 2. The highest BCUT2D eigenvalue weighted by Crippen LogP contribution is 2.31. The van der Waals surface area contributed by atoms with Gasteiger partial charge in [0.1, 0.15) is 4.90 Å². The van der Waals surface area contributed by atoms with Crippen molar-refractivity contribution in [2.24, 2.45) is 5.92 Å². The number of benzene rings is 1. The van der Waals surface area contributed by atoms with E-state index in [4.69, 9.17) is 10.5 Å². The first-order valence-electron chi connectivity index (χ1n) is 6.56. The lowest BCUT2D eigenvalue weighted by molar-refractivity contribution is 0.108. The molecule has 21 heavy (non-hydrogen) atoms. The highest BCUT2D eigenvalue weighted by atomic mass is 79.9. The number of nitrogen functional groups attached to an aromatic ring is 1. The van der Waals surface area contributed by atoms with Crippen LogP contribution in [0.15, 0.2) is 26.0 Å². The van der Waals surface area contributed by atoms with Gasteiger partial charge in [0.15, 0.2) is 0 Å². The van der Waals surface area contributed by atoms with Gasteiger partial charge in [-0.05, 0) is 40.4 Å². The molecule has 0 saturated heterocycles. The molecular weight excluding hydrogens is 424 g/mol. The van der Waals surface area contributed by atoms with Crippen molar-refractivity contribution in [3.63, 3.8) is 0 Å². The van der Waals surface area contributed by atoms with E-state index in [9.17, 15) is 8.42 Å². The number of anilines is 1. The summed E-state index contributed by atoms with van der Waals surface area (Å²) in [7, 11) is -3.64. The number of sulfonamides is 1. The van der Waals surface area contributed by atoms with Gasteiger partial charge in [-0.1, -0.05) is 29.8 Å². The monoisotopic (exact) mass is 442 g/mol. The highest BCUT2D eigenvalue weighted by Gasteiger charge is 2.21. The van der Waals surface area contributed by atoms with Crippen molar-refractivity contribution in [2.75, 3.05) is 25.5 Å². The Morgan fingerprint density at radius 2 is 2.00 bits per heavy atom. The van der Waals surface area contributed by atoms with Gasteiger partial charge in [0.05, 0.1) is 5.69 Å². The molecule has 0 aliphatic carbocycles. The number of hydrogen-bond donors (Lipinski definition) is 2. The van der Waals surface area contributed by atoms with Crippen molar-refractivity contribution >= 4 is 47.6 Å². The minimum atomic E-state index is -3.64. The van der Waals surface area contributed by atoms with E-state index in [1.807, 2.05) is 0 Å². The second-order valence-corrected chi connectivity index (χ2v) is 8.50. The van der Waals surface area contributed by atoms with Gasteiger partial charge >= 0.3 is 0 Å². The summed E-state index contributed by atoms with van der Waals surface area (Å²) >= 11 is 6.49. The third-order valence-electron chi connectivity index (χ3n) is 2.51. The number of hydrogen-bond acceptors (Lipinski definition) is 4. The van der Waals surface area contributed by atoms with Gasteiger partial charge in [-0.15, -0.1) is 0 Å². The summed E-state index contributed by atoms with van der Waals surface area (Å²) in [6, 6.07) is 3.21. The number of nitrogens with one attached hydrogen (secondary N) is 1. The molecule has 0 heterocycles. The Kier molecular flexibility index (Phi) is 7.63. The molecule has 0 unspecified atom stereocenters. The maximum Gasteiger partial charge on any atom is 0.243 e. The topological polar surface area (TPSA) is 81.4 Å². The normalized spacial score (nSPS) is 12.0.